The van der Waals surface area contributed by atoms with Crippen molar-refractivity contribution in [2.75, 3.05) is 25.0 Å². The zero-order chi connectivity index (χ0) is 17.1. The standard InChI is InChI=1S/C19H22N2O2S/c1-13-7-9-14(10-8-13)18-17(22)19(23)21(12-11-20-2)15-5-3-4-6-16(15)24-18/h3-10,17-18,20,22H,11-12H2,1-2H3. The molecule has 4 nitrogen and oxygen atoms in total. The summed E-state index contributed by atoms with van der Waals surface area (Å²) in [6.45, 7) is 3.23. The van der Waals surface area contributed by atoms with E-state index in [1.807, 2.05) is 62.5 Å². The van der Waals surface area contributed by atoms with Crippen LogP contribution in [-0.4, -0.2) is 37.3 Å². The first kappa shape index (κ1) is 17.0. The van der Waals surface area contributed by atoms with Gasteiger partial charge in [0, 0.05) is 18.0 Å². The van der Waals surface area contributed by atoms with E-state index >= 15 is 0 Å². The molecule has 0 aromatic heterocycles. The number of hydrogen-bond acceptors (Lipinski definition) is 4. The van der Waals surface area contributed by atoms with Crippen LogP contribution >= 0.6 is 11.8 Å². The first-order valence-corrected chi connectivity index (χ1v) is 8.96. The van der Waals surface area contributed by atoms with Crippen LogP contribution in [0.1, 0.15) is 16.4 Å². The van der Waals surface area contributed by atoms with Crippen LogP contribution < -0.4 is 10.2 Å². The molecule has 0 aliphatic carbocycles. The number of anilines is 1. The summed E-state index contributed by atoms with van der Waals surface area (Å²) < 4.78 is 0. The van der Waals surface area contributed by atoms with Crippen LogP contribution in [0, 0.1) is 6.92 Å². The van der Waals surface area contributed by atoms with Crippen molar-refractivity contribution in [2.45, 2.75) is 23.2 Å². The van der Waals surface area contributed by atoms with Crippen LogP contribution in [-0.2, 0) is 4.79 Å². The van der Waals surface area contributed by atoms with Gasteiger partial charge in [-0.2, -0.15) is 0 Å². The van der Waals surface area contributed by atoms with Gasteiger partial charge < -0.3 is 15.3 Å². The van der Waals surface area contributed by atoms with Gasteiger partial charge in [0.15, 0.2) is 0 Å². The van der Waals surface area contributed by atoms with E-state index in [2.05, 4.69) is 5.32 Å². The second-order valence-corrected chi connectivity index (χ2v) is 7.14. The summed E-state index contributed by atoms with van der Waals surface area (Å²) in [4.78, 5) is 15.6. The Morgan fingerprint density at radius 3 is 2.58 bits per heavy atom. The molecule has 0 saturated carbocycles. The van der Waals surface area contributed by atoms with Crippen molar-refractivity contribution in [1.82, 2.24) is 5.32 Å². The monoisotopic (exact) mass is 342 g/mol. The summed E-state index contributed by atoms with van der Waals surface area (Å²) in [5.41, 5.74) is 3.00. The van der Waals surface area contributed by atoms with Gasteiger partial charge in [-0.25, -0.2) is 0 Å². The Bertz CT molecular complexity index is 718. The topological polar surface area (TPSA) is 52.6 Å². The van der Waals surface area contributed by atoms with Crippen LogP contribution in [0.3, 0.4) is 0 Å². The number of hydrogen-bond donors (Lipinski definition) is 2. The number of aryl methyl sites for hydroxylation is 1. The fraction of sp³-hybridized carbons (Fsp3) is 0.316. The maximum atomic E-state index is 12.9. The number of fused-ring (bicyclic) bond motifs is 1. The quantitative estimate of drug-likeness (QED) is 0.897. The summed E-state index contributed by atoms with van der Waals surface area (Å²) in [5, 5.41) is 13.5. The summed E-state index contributed by atoms with van der Waals surface area (Å²) in [6.07, 6.45) is -1.07. The number of carbonyl (C=O) groups excluding carboxylic acids is 1. The molecule has 1 heterocycles. The van der Waals surface area contributed by atoms with E-state index in [-0.39, 0.29) is 11.2 Å². The fourth-order valence-electron chi connectivity index (χ4n) is 2.85. The van der Waals surface area contributed by atoms with Crippen LogP contribution in [0.4, 0.5) is 5.69 Å². The first-order chi connectivity index (χ1) is 11.6. The zero-order valence-corrected chi connectivity index (χ0v) is 14.7. The number of benzene rings is 2. The molecule has 0 radical (unpaired) electrons. The molecule has 0 spiro atoms. The number of aliphatic hydroxyl groups is 1. The largest absolute Gasteiger partial charge is 0.382 e. The predicted molar refractivity (Wildman–Crippen MR) is 98.5 cm³/mol. The average molecular weight is 342 g/mol. The van der Waals surface area contributed by atoms with E-state index < -0.39 is 6.10 Å². The molecule has 3 rings (SSSR count). The van der Waals surface area contributed by atoms with E-state index in [0.29, 0.717) is 13.1 Å². The molecule has 2 aromatic rings. The third-order valence-corrected chi connectivity index (χ3v) is 5.59. The van der Waals surface area contributed by atoms with Gasteiger partial charge in [-0.3, -0.25) is 4.79 Å². The first-order valence-electron chi connectivity index (χ1n) is 8.08. The van der Waals surface area contributed by atoms with E-state index in [1.54, 1.807) is 16.7 Å². The lowest BCUT2D eigenvalue weighted by Crippen LogP contribution is -2.43. The van der Waals surface area contributed by atoms with Gasteiger partial charge in [-0.05, 0) is 31.7 Å². The lowest BCUT2D eigenvalue weighted by atomic mass is 10.0. The molecule has 24 heavy (non-hydrogen) atoms. The number of likely N-dealkylation sites (N-methyl/N-ethyl adjacent to an activating group) is 1. The summed E-state index contributed by atoms with van der Waals surface area (Å²) in [7, 11) is 1.86. The van der Waals surface area contributed by atoms with Crippen molar-refractivity contribution in [2.24, 2.45) is 0 Å². The Morgan fingerprint density at radius 1 is 1.17 bits per heavy atom. The van der Waals surface area contributed by atoms with Crippen LogP contribution in [0.25, 0.3) is 0 Å². The SMILES string of the molecule is CNCCN1C(=O)C(O)C(c2ccc(C)cc2)Sc2ccccc21. The highest BCUT2D eigenvalue weighted by Gasteiger charge is 2.36. The Balaban J connectivity index is 2.01. The number of carbonyl (C=O) groups is 1. The van der Waals surface area contributed by atoms with Gasteiger partial charge >= 0.3 is 0 Å². The molecule has 1 aliphatic rings. The zero-order valence-electron chi connectivity index (χ0n) is 13.9. The Morgan fingerprint density at radius 2 is 1.88 bits per heavy atom. The van der Waals surface area contributed by atoms with E-state index in [9.17, 15) is 9.90 Å². The third kappa shape index (κ3) is 3.34. The summed E-state index contributed by atoms with van der Waals surface area (Å²) in [5.74, 6) is -0.242. The van der Waals surface area contributed by atoms with Gasteiger partial charge in [0.25, 0.3) is 5.91 Å². The van der Waals surface area contributed by atoms with E-state index in [4.69, 9.17) is 0 Å². The smallest absolute Gasteiger partial charge is 0.257 e. The second kappa shape index (κ2) is 7.38. The highest BCUT2D eigenvalue weighted by molar-refractivity contribution is 7.99. The maximum Gasteiger partial charge on any atom is 0.257 e. The molecule has 2 aromatic carbocycles. The molecule has 0 fully saturated rings. The highest BCUT2D eigenvalue weighted by atomic mass is 32.2. The molecule has 1 aliphatic heterocycles. The van der Waals surface area contributed by atoms with E-state index in [1.165, 1.54) is 0 Å². The van der Waals surface area contributed by atoms with Crippen molar-refractivity contribution in [3.05, 3.63) is 59.7 Å². The van der Waals surface area contributed by atoms with Crippen LogP contribution in [0.5, 0.6) is 0 Å². The number of aliphatic hydroxyl groups excluding tert-OH is 1. The normalized spacial score (nSPS) is 20.6. The number of para-hydroxylation sites is 1. The molecule has 0 bridgehead atoms. The molecule has 1 amide bonds. The summed E-state index contributed by atoms with van der Waals surface area (Å²) >= 11 is 1.55. The van der Waals surface area contributed by atoms with Crippen LogP contribution in [0.15, 0.2) is 53.4 Å². The number of thioether (sulfide) groups is 1. The van der Waals surface area contributed by atoms with Crippen molar-refractivity contribution >= 4 is 23.4 Å². The Hall–Kier alpha value is -1.82. The van der Waals surface area contributed by atoms with Crippen molar-refractivity contribution in [3.63, 3.8) is 0 Å². The fourth-order valence-corrected chi connectivity index (χ4v) is 4.12. The van der Waals surface area contributed by atoms with Gasteiger partial charge in [-0.1, -0.05) is 42.0 Å². The molecule has 2 unspecified atom stereocenters. The van der Waals surface area contributed by atoms with Crippen molar-refractivity contribution in [1.29, 1.82) is 0 Å². The van der Waals surface area contributed by atoms with Gasteiger partial charge in [0.05, 0.1) is 10.9 Å². The van der Waals surface area contributed by atoms with Gasteiger partial charge in [0.1, 0.15) is 6.10 Å². The van der Waals surface area contributed by atoms with Crippen molar-refractivity contribution in [3.8, 4) is 0 Å². The second-order valence-electron chi connectivity index (χ2n) is 5.96. The molecule has 5 heteroatoms. The third-order valence-electron chi connectivity index (χ3n) is 4.21. The molecule has 2 N–H and O–H groups in total. The number of nitrogens with one attached hydrogen (secondary N) is 1. The van der Waals surface area contributed by atoms with Gasteiger partial charge in [0.2, 0.25) is 0 Å². The Kier molecular flexibility index (Phi) is 5.23. The number of amides is 1. The highest BCUT2D eigenvalue weighted by Crippen LogP contribution is 2.45. The number of nitrogens with zero attached hydrogens (tertiary/aromatic N) is 1. The maximum absolute atomic E-state index is 12.9. The molecule has 2 atom stereocenters. The molecule has 0 saturated heterocycles. The predicted octanol–water partition coefficient (Wildman–Crippen LogP) is 2.76. The van der Waals surface area contributed by atoms with Crippen molar-refractivity contribution < 1.29 is 9.90 Å². The molecular formula is C19H22N2O2S. The summed E-state index contributed by atoms with van der Waals surface area (Å²) in [6, 6.07) is 15.9. The van der Waals surface area contributed by atoms with Gasteiger partial charge in [-0.15, -0.1) is 11.8 Å². The minimum atomic E-state index is -1.07. The average Bonchev–Trinajstić information content (AvgIpc) is 2.70. The van der Waals surface area contributed by atoms with E-state index in [0.717, 1.165) is 21.7 Å². The van der Waals surface area contributed by atoms with Crippen LogP contribution in [0.2, 0.25) is 0 Å². The molecular weight excluding hydrogens is 320 g/mol. The minimum Gasteiger partial charge on any atom is -0.382 e. The lowest BCUT2D eigenvalue weighted by Gasteiger charge is -2.25. The lowest BCUT2D eigenvalue weighted by molar-refractivity contribution is -0.126. The Labute approximate surface area is 146 Å². The minimum absolute atomic E-state index is 0.242. The number of rotatable bonds is 4. The molecule has 126 valence electrons.